The van der Waals surface area contributed by atoms with E-state index in [4.69, 9.17) is 4.42 Å². The summed E-state index contributed by atoms with van der Waals surface area (Å²) in [6, 6.07) is 2.42. The van der Waals surface area contributed by atoms with Gasteiger partial charge in [0.05, 0.1) is 6.26 Å². The Balaban J connectivity index is 2.63. The first kappa shape index (κ1) is 11.1. The third-order valence-electron chi connectivity index (χ3n) is 2.48. The smallest absolute Gasteiger partial charge is 0.105 e. The van der Waals surface area contributed by atoms with Crippen LogP contribution in [0, 0.1) is 6.92 Å². The van der Waals surface area contributed by atoms with Crippen LogP contribution in [0.3, 0.4) is 0 Å². The van der Waals surface area contributed by atoms with E-state index >= 15 is 0 Å². The normalized spacial score (nSPS) is 12.8. The topological polar surface area (TPSA) is 25.2 Å². The zero-order valence-electron chi connectivity index (χ0n) is 9.26. The van der Waals surface area contributed by atoms with Crippen LogP contribution in [0.1, 0.15) is 37.1 Å². The van der Waals surface area contributed by atoms with Crippen LogP contribution in [0.4, 0.5) is 0 Å². The van der Waals surface area contributed by atoms with E-state index in [-0.39, 0.29) is 0 Å². The van der Waals surface area contributed by atoms with Crippen molar-refractivity contribution in [3.05, 3.63) is 35.8 Å². The lowest BCUT2D eigenvalue weighted by Gasteiger charge is -2.15. The van der Waals surface area contributed by atoms with Gasteiger partial charge in [-0.15, -0.1) is 6.58 Å². The van der Waals surface area contributed by atoms with Crippen molar-refractivity contribution in [3.8, 4) is 0 Å². The molecule has 1 aromatic rings. The molecule has 0 aliphatic heterocycles. The van der Waals surface area contributed by atoms with Gasteiger partial charge in [-0.1, -0.05) is 5.57 Å². The van der Waals surface area contributed by atoms with Gasteiger partial charge in [0.15, 0.2) is 0 Å². The van der Waals surface area contributed by atoms with Crippen molar-refractivity contribution in [2.24, 2.45) is 0 Å². The molecule has 0 saturated carbocycles. The van der Waals surface area contributed by atoms with Crippen LogP contribution in [0.5, 0.6) is 0 Å². The van der Waals surface area contributed by atoms with Crippen LogP contribution in [0.25, 0.3) is 0 Å². The Hall–Kier alpha value is -1.02. The molecule has 0 saturated heterocycles. The summed E-state index contributed by atoms with van der Waals surface area (Å²) in [5.74, 6) is 1.01. The predicted octanol–water partition coefficient (Wildman–Crippen LogP) is 3.20. The molecule has 1 heterocycles. The lowest BCUT2D eigenvalue weighted by Crippen LogP contribution is -2.16. The number of hydrogen-bond acceptors (Lipinski definition) is 2. The Morgan fingerprint density at radius 1 is 1.64 bits per heavy atom. The highest BCUT2D eigenvalue weighted by Gasteiger charge is 2.13. The molecule has 0 spiro atoms. The van der Waals surface area contributed by atoms with Gasteiger partial charge in [0.25, 0.3) is 0 Å². The molecule has 2 nitrogen and oxygen atoms in total. The van der Waals surface area contributed by atoms with E-state index in [0.717, 1.165) is 18.6 Å². The molecule has 0 aliphatic rings. The van der Waals surface area contributed by atoms with Crippen molar-refractivity contribution in [1.29, 1.82) is 0 Å². The average molecular weight is 193 g/mol. The third-order valence-corrected chi connectivity index (χ3v) is 2.48. The molecule has 14 heavy (non-hydrogen) atoms. The zero-order chi connectivity index (χ0) is 10.6. The zero-order valence-corrected chi connectivity index (χ0v) is 9.26. The van der Waals surface area contributed by atoms with E-state index in [1.54, 1.807) is 6.26 Å². The van der Waals surface area contributed by atoms with Gasteiger partial charge in [-0.3, -0.25) is 0 Å². The van der Waals surface area contributed by atoms with Gasteiger partial charge in [-0.05, 0) is 39.8 Å². The van der Waals surface area contributed by atoms with Crippen molar-refractivity contribution in [1.82, 2.24) is 5.32 Å². The molecular weight excluding hydrogens is 174 g/mol. The predicted molar refractivity (Wildman–Crippen MR) is 59.3 cm³/mol. The van der Waals surface area contributed by atoms with Gasteiger partial charge in [-0.2, -0.15) is 0 Å². The summed E-state index contributed by atoms with van der Waals surface area (Å²) in [4.78, 5) is 0. The second-order valence-electron chi connectivity index (χ2n) is 3.77. The Morgan fingerprint density at radius 2 is 2.36 bits per heavy atom. The van der Waals surface area contributed by atoms with E-state index in [9.17, 15) is 0 Å². The van der Waals surface area contributed by atoms with Crippen LogP contribution in [-0.2, 0) is 0 Å². The van der Waals surface area contributed by atoms with Gasteiger partial charge in [0.1, 0.15) is 5.76 Å². The van der Waals surface area contributed by atoms with Crippen LogP contribution >= 0.6 is 0 Å². The second-order valence-corrected chi connectivity index (χ2v) is 3.77. The van der Waals surface area contributed by atoms with Crippen LogP contribution < -0.4 is 5.32 Å². The molecule has 1 N–H and O–H groups in total. The maximum atomic E-state index is 5.29. The molecule has 0 aromatic carbocycles. The summed E-state index contributed by atoms with van der Waals surface area (Å²) in [7, 11) is 1.98. The van der Waals surface area contributed by atoms with Crippen molar-refractivity contribution >= 4 is 0 Å². The largest absolute Gasteiger partial charge is 0.469 e. The Morgan fingerprint density at radius 3 is 2.79 bits per heavy atom. The maximum absolute atomic E-state index is 5.29. The Bertz CT molecular complexity index is 301. The second kappa shape index (κ2) is 5.01. The minimum Gasteiger partial charge on any atom is -0.469 e. The van der Waals surface area contributed by atoms with E-state index in [0.29, 0.717) is 6.04 Å². The van der Waals surface area contributed by atoms with E-state index in [1.165, 1.54) is 11.1 Å². The quantitative estimate of drug-likeness (QED) is 0.726. The summed E-state index contributed by atoms with van der Waals surface area (Å²) in [6.45, 7) is 7.98. The van der Waals surface area contributed by atoms with Gasteiger partial charge >= 0.3 is 0 Å². The molecule has 1 unspecified atom stereocenters. The molecule has 2 heteroatoms. The lowest BCUT2D eigenvalue weighted by atomic mass is 10.0. The van der Waals surface area contributed by atoms with Gasteiger partial charge in [-0.25, -0.2) is 0 Å². The first-order valence-electron chi connectivity index (χ1n) is 5.00. The molecule has 1 aromatic heterocycles. The van der Waals surface area contributed by atoms with Crippen molar-refractivity contribution in [2.75, 3.05) is 7.05 Å². The number of nitrogens with one attached hydrogen (secondary N) is 1. The summed E-state index contributed by atoms with van der Waals surface area (Å²) in [5.41, 5.74) is 2.49. The molecular formula is C12H19NO. The molecule has 1 atom stereocenters. The first-order valence-corrected chi connectivity index (χ1v) is 5.00. The molecule has 0 radical (unpaired) electrons. The SMILES string of the molecule is C=C(C)CCC(NC)c1ccoc1C. The summed E-state index contributed by atoms with van der Waals surface area (Å²) in [6.07, 6.45) is 3.87. The van der Waals surface area contributed by atoms with Crippen molar-refractivity contribution in [2.45, 2.75) is 32.7 Å². The highest BCUT2D eigenvalue weighted by atomic mass is 16.3. The van der Waals surface area contributed by atoms with E-state index in [1.807, 2.05) is 20.0 Å². The molecule has 0 fully saturated rings. The minimum absolute atomic E-state index is 0.380. The highest BCUT2D eigenvalue weighted by molar-refractivity contribution is 5.20. The Kier molecular flexibility index (Phi) is 3.96. The average Bonchev–Trinajstić information content (AvgIpc) is 2.53. The van der Waals surface area contributed by atoms with Crippen LogP contribution in [0.2, 0.25) is 0 Å². The number of furan rings is 1. The molecule has 1 rings (SSSR count). The maximum Gasteiger partial charge on any atom is 0.105 e. The van der Waals surface area contributed by atoms with Gasteiger partial charge in [0.2, 0.25) is 0 Å². The number of rotatable bonds is 5. The van der Waals surface area contributed by atoms with Gasteiger partial charge < -0.3 is 9.73 Å². The summed E-state index contributed by atoms with van der Waals surface area (Å²) in [5, 5.41) is 3.30. The summed E-state index contributed by atoms with van der Waals surface area (Å²) >= 11 is 0. The fourth-order valence-electron chi connectivity index (χ4n) is 1.60. The number of hydrogen-bond donors (Lipinski definition) is 1. The van der Waals surface area contributed by atoms with Crippen LogP contribution in [-0.4, -0.2) is 7.05 Å². The van der Waals surface area contributed by atoms with Gasteiger partial charge in [0, 0.05) is 11.6 Å². The fraction of sp³-hybridized carbons (Fsp3) is 0.500. The van der Waals surface area contributed by atoms with Crippen molar-refractivity contribution < 1.29 is 4.42 Å². The molecule has 0 amide bonds. The fourth-order valence-corrected chi connectivity index (χ4v) is 1.60. The molecule has 0 bridgehead atoms. The Labute approximate surface area is 86.0 Å². The van der Waals surface area contributed by atoms with Crippen molar-refractivity contribution in [3.63, 3.8) is 0 Å². The minimum atomic E-state index is 0.380. The lowest BCUT2D eigenvalue weighted by molar-refractivity contribution is 0.500. The highest BCUT2D eigenvalue weighted by Crippen LogP contribution is 2.23. The first-order chi connectivity index (χ1) is 6.65. The summed E-state index contributed by atoms with van der Waals surface area (Å²) < 4.78 is 5.29. The number of aryl methyl sites for hydroxylation is 1. The molecule has 0 aliphatic carbocycles. The monoisotopic (exact) mass is 193 g/mol. The molecule has 78 valence electrons. The van der Waals surface area contributed by atoms with Crippen LogP contribution in [0.15, 0.2) is 28.9 Å². The van der Waals surface area contributed by atoms with E-state index in [2.05, 4.69) is 18.8 Å². The standard InChI is InChI=1S/C12H19NO/c1-9(2)5-6-12(13-4)11-7-8-14-10(11)3/h7-8,12-13H,1,5-6H2,2-4H3. The number of allylic oxidation sites excluding steroid dienone is 1. The van der Waals surface area contributed by atoms with E-state index < -0.39 is 0 Å². The third kappa shape index (κ3) is 2.74.